The highest BCUT2D eigenvalue weighted by Crippen LogP contribution is 2.33. The smallest absolute Gasteiger partial charge is 0.249 e. The normalized spacial score (nSPS) is 19.0. The van der Waals surface area contributed by atoms with E-state index in [1.807, 2.05) is 23.7 Å². The average molecular weight is 327 g/mol. The Kier molecular flexibility index (Phi) is 4.12. The Labute approximate surface area is 138 Å². The third-order valence-electron chi connectivity index (χ3n) is 4.06. The Morgan fingerprint density at radius 2 is 2.26 bits per heavy atom. The molecule has 7 heteroatoms. The molecule has 1 aliphatic heterocycles. The topological polar surface area (TPSA) is 67.9 Å². The fourth-order valence-corrected chi connectivity index (χ4v) is 3.76. The summed E-state index contributed by atoms with van der Waals surface area (Å²) >= 11 is 1.72. The molecule has 0 saturated carbocycles. The molecule has 23 heavy (non-hydrogen) atoms. The summed E-state index contributed by atoms with van der Waals surface area (Å²) in [5.74, 6) is 1.17. The Morgan fingerprint density at radius 3 is 3.09 bits per heavy atom. The third-order valence-corrected chi connectivity index (χ3v) is 4.94. The van der Waals surface area contributed by atoms with Crippen LogP contribution in [0.25, 0.3) is 11.5 Å². The van der Waals surface area contributed by atoms with Gasteiger partial charge in [-0.15, -0.1) is 21.5 Å². The first-order valence-electron chi connectivity index (χ1n) is 7.76. The van der Waals surface area contributed by atoms with E-state index in [0.717, 1.165) is 18.5 Å². The second kappa shape index (κ2) is 6.55. The highest BCUT2D eigenvalue weighted by Gasteiger charge is 2.27. The fourth-order valence-electron chi connectivity index (χ4n) is 2.96. The molecular weight excluding hydrogens is 310 g/mol. The van der Waals surface area contributed by atoms with Gasteiger partial charge in [-0.2, -0.15) is 0 Å². The van der Waals surface area contributed by atoms with Crippen LogP contribution in [0.4, 0.5) is 0 Å². The first-order chi connectivity index (χ1) is 11.4. The number of thiazole rings is 1. The molecule has 1 fully saturated rings. The molecule has 3 aromatic rings. The van der Waals surface area contributed by atoms with E-state index in [0.29, 0.717) is 24.4 Å². The maximum Gasteiger partial charge on any atom is 0.249 e. The zero-order valence-corrected chi connectivity index (χ0v) is 13.4. The summed E-state index contributed by atoms with van der Waals surface area (Å²) in [6.45, 7) is 1.70. The number of hydrogen-bond acceptors (Lipinski definition) is 7. The van der Waals surface area contributed by atoms with Crippen LogP contribution in [0.2, 0.25) is 0 Å². The van der Waals surface area contributed by atoms with Crippen molar-refractivity contribution in [3.63, 3.8) is 0 Å². The molecule has 0 amide bonds. The third kappa shape index (κ3) is 3.16. The summed E-state index contributed by atoms with van der Waals surface area (Å²) in [5, 5.41) is 11.6. The molecule has 0 spiro atoms. The van der Waals surface area contributed by atoms with Crippen LogP contribution in [0.15, 0.2) is 40.5 Å². The van der Waals surface area contributed by atoms with Crippen LogP contribution >= 0.6 is 11.3 Å². The van der Waals surface area contributed by atoms with E-state index in [4.69, 9.17) is 4.42 Å². The van der Waals surface area contributed by atoms with Gasteiger partial charge in [0.05, 0.1) is 18.2 Å². The van der Waals surface area contributed by atoms with E-state index >= 15 is 0 Å². The summed E-state index contributed by atoms with van der Waals surface area (Å²) < 4.78 is 5.82. The largest absolute Gasteiger partial charge is 0.419 e. The van der Waals surface area contributed by atoms with Crippen LogP contribution in [0.5, 0.6) is 0 Å². The Morgan fingerprint density at radius 1 is 1.26 bits per heavy atom. The van der Waals surface area contributed by atoms with E-state index in [2.05, 4.69) is 25.1 Å². The molecule has 0 aliphatic carbocycles. The molecule has 6 nitrogen and oxygen atoms in total. The number of aromatic nitrogens is 4. The van der Waals surface area contributed by atoms with Gasteiger partial charge in [-0.25, -0.2) is 4.98 Å². The molecule has 0 N–H and O–H groups in total. The SMILES string of the molecule is c1cncc(-c2nnc(CN3CCCC[C@H]3c3nccs3)o2)c1. The van der Waals surface area contributed by atoms with Gasteiger partial charge in [0.1, 0.15) is 5.01 Å². The molecule has 4 rings (SSSR count). The summed E-state index contributed by atoms with van der Waals surface area (Å²) in [5.41, 5.74) is 0.848. The standard InChI is InChI=1S/C16H17N5OS/c1-2-8-21(13(5-1)16-18-7-9-23-16)11-14-19-20-15(22-14)12-4-3-6-17-10-12/h3-4,6-7,9-10,13H,1-2,5,8,11H2/t13-/m0/s1. The number of hydrogen-bond donors (Lipinski definition) is 0. The Bertz CT molecular complexity index is 743. The predicted molar refractivity (Wildman–Crippen MR) is 86.6 cm³/mol. The molecule has 0 unspecified atom stereocenters. The van der Waals surface area contributed by atoms with Crippen LogP contribution in [0, 0.1) is 0 Å². The van der Waals surface area contributed by atoms with Crippen LogP contribution in [0.3, 0.4) is 0 Å². The van der Waals surface area contributed by atoms with Gasteiger partial charge in [0.2, 0.25) is 11.8 Å². The van der Waals surface area contributed by atoms with Crippen molar-refractivity contribution in [3.05, 3.63) is 47.0 Å². The molecule has 118 valence electrons. The Balaban J connectivity index is 1.52. The highest BCUT2D eigenvalue weighted by atomic mass is 32.1. The maximum atomic E-state index is 5.82. The lowest BCUT2D eigenvalue weighted by Crippen LogP contribution is -2.33. The highest BCUT2D eigenvalue weighted by molar-refractivity contribution is 7.09. The lowest BCUT2D eigenvalue weighted by atomic mass is 10.0. The monoisotopic (exact) mass is 327 g/mol. The van der Waals surface area contributed by atoms with Crippen LogP contribution in [-0.2, 0) is 6.54 Å². The molecular formula is C16H17N5OS. The number of rotatable bonds is 4. The van der Waals surface area contributed by atoms with E-state index < -0.39 is 0 Å². The van der Waals surface area contributed by atoms with Crippen LogP contribution < -0.4 is 0 Å². The van der Waals surface area contributed by atoms with E-state index in [9.17, 15) is 0 Å². The summed E-state index contributed by atoms with van der Waals surface area (Å²) in [4.78, 5) is 11.0. The molecule has 1 saturated heterocycles. The number of likely N-dealkylation sites (tertiary alicyclic amines) is 1. The molecule has 1 aliphatic rings. The van der Waals surface area contributed by atoms with Gasteiger partial charge in [-0.3, -0.25) is 9.88 Å². The quantitative estimate of drug-likeness (QED) is 0.732. The summed E-state index contributed by atoms with van der Waals surface area (Å²) in [7, 11) is 0. The van der Waals surface area contributed by atoms with Crippen LogP contribution in [-0.4, -0.2) is 31.6 Å². The first kappa shape index (κ1) is 14.5. The maximum absolute atomic E-state index is 5.82. The van der Waals surface area contributed by atoms with Crippen molar-refractivity contribution in [1.29, 1.82) is 0 Å². The van der Waals surface area contributed by atoms with Gasteiger partial charge in [-0.05, 0) is 31.5 Å². The Hall–Kier alpha value is -2.12. The first-order valence-corrected chi connectivity index (χ1v) is 8.64. The zero-order valence-electron chi connectivity index (χ0n) is 12.6. The summed E-state index contributed by atoms with van der Waals surface area (Å²) in [6.07, 6.45) is 8.91. The molecule has 4 heterocycles. The average Bonchev–Trinajstić information content (AvgIpc) is 3.28. The van der Waals surface area contributed by atoms with Gasteiger partial charge >= 0.3 is 0 Å². The molecule has 1 atom stereocenters. The van der Waals surface area contributed by atoms with Gasteiger partial charge < -0.3 is 4.42 Å². The second-order valence-electron chi connectivity index (χ2n) is 5.60. The molecule has 0 bridgehead atoms. The van der Waals surface area contributed by atoms with Gasteiger partial charge in [0.25, 0.3) is 0 Å². The van der Waals surface area contributed by atoms with Gasteiger partial charge in [0.15, 0.2) is 0 Å². The van der Waals surface area contributed by atoms with E-state index in [-0.39, 0.29) is 0 Å². The van der Waals surface area contributed by atoms with Crippen molar-refractivity contribution in [2.75, 3.05) is 6.54 Å². The number of piperidine rings is 1. The fraction of sp³-hybridized carbons (Fsp3) is 0.375. The van der Waals surface area contributed by atoms with Gasteiger partial charge in [-0.1, -0.05) is 6.42 Å². The minimum Gasteiger partial charge on any atom is -0.419 e. The van der Waals surface area contributed by atoms with Crippen molar-refractivity contribution in [3.8, 4) is 11.5 Å². The minimum absolute atomic E-state index is 0.359. The van der Waals surface area contributed by atoms with E-state index in [1.54, 1.807) is 23.7 Å². The van der Waals surface area contributed by atoms with Gasteiger partial charge in [0, 0.05) is 24.0 Å². The van der Waals surface area contributed by atoms with E-state index in [1.165, 1.54) is 17.8 Å². The predicted octanol–water partition coefficient (Wildman–Crippen LogP) is 3.32. The molecule has 0 radical (unpaired) electrons. The lowest BCUT2D eigenvalue weighted by Gasteiger charge is -2.33. The number of pyridine rings is 1. The van der Waals surface area contributed by atoms with Crippen molar-refractivity contribution < 1.29 is 4.42 Å². The second-order valence-corrected chi connectivity index (χ2v) is 6.52. The van der Waals surface area contributed by atoms with Crippen molar-refractivity contribution >= 4 is 11.3 Å². The van der Waals surface area contributed by atoms with Crippen molar-refractivity contribution in [1.82, 2.24) is 25.1 Å². The van der Waals surface area contributed by atoms with Crippen molar-refractivity contribution in [2.24, 2.45) is 0 Å². The zero-order chi connectivity index (χ0) is 15.5. The van der Waals surface area contributed by atoms with Crippen LogP contribution in [0.1, 0.15) is 36.2 Å². The summed E-state index contributed by atoms with van der Waals surface area (Å²) in [6, 6.07) is 4.14. The molecule has 3 aromatic heterocycles. The lowest BCUT2D eigenvalue weighted by molar-refractivity contribution is 0.128. The van der Waals surface area contributed by atoms with Crippen molar-refractivity contribution in [2.45, 2.75) is 31.8 Å². The number of nitrogens with zero attached hydrogens (tertiary/aromatic N) is 5. The molecule has 0 aromatic carbocycles. The minimum atomic E-state index is 0.359.